The summed E-state index contributed by atoms with van der Waals surface area (Å²) in [5.41, 5.74) is 5.24. The molecule has 32 heavy (non-hydrogen) atoms. The van der Waals surface area contributed by atoms with Crippen LogP contribution < -0.4 is 15.2 Å². The Morgan fingerprint density at radius 3 is 2.50 bits per heavy atom. The molecule has 0 aliphatic carbocycles. The van der Waals surface area contributed by atoms with E-state index in [4.69, 9.17) is 19.7 Å². The molecule has 0 aromatic heterocycles. The van der Waals surface area contributed by atoms with Crippen molar-refractivity contribution in [2.24, 2.45) is 5.73 Å². The van der Waals surface area contributed by atoms with E-state index >= 15 is 0 Å². The molecule has 0 fully saturated rings. The molecule has 0 aliphatic heterocycles. The first-order valence-electron chi connectivity index (χ1n) is 10.0. The van der Waals surface area contributed by atoms with Crippen LogP contribution in [0.2, 0.25) is 0 Å². The lowest BCUT2D eigenvalue weighted by Crippen LogP contribution is -2.47. The molecule has 0 heterocycles. The highest BCUT2D eigenvalue weighted by Crippen LogP contribution is 2.37. The molecule has 6 nitrogen and oxygen atoms in total. The summed E-state index contributed by atoms with van der Waals surface area (Å²) >= 11 is 0. The molecule has 0 radical (unpaired) electrons. The molecule has 0 bridgehead atoms. The maximum Gasteiger partial charge on any atom is 0.419 e. The Hall–Kier alpha value is -2.19. The summed E-state index contributed by atoms with van der Waals surface area (Å²) in [5, 5.41) is 9.44. The zero-order chi connectivity index (χ0) is 23.6. The number of aliphatic hydroxyl groups excluding tert-OH is 1. The predicted octanol–water partition coefficient (Wildman–Crippen LogP) is 4.57. The van der Waals surface area contributed by atoms with Gasteiger partial charge in [0.15, 0.2) is 0 Å². The van der Waals surface area contributed by atoms with Gasteiger partial charge in [0.1, 0.15) is 11.5 Å². The van der Waals surface area contributed by atoms with Crippen molar-refractivity contribution in [2.45, 2.75) is 37.4 Å². The van der Waals surface area contributed by atoms with Gasteiger partial charge in [-0.05, 0) is 55.0 Å². The van der Waals surface area contributed by atoms with Crippen molar-refractivity contribution in [3.05, 3.63) is 59.2 Å². The van der Waals surface area contributed by atoms with Gasteiger partial charge in [-0.25, -0.2) is 4.57 Å². The number of rotatable bonds is 13. The molecular weight excluding hydrogens is 446 g/mol. The number of halogens is 3. The SMILES string of the molecule is COc1ccccc1CCCOc1ccc(CCC(N)(CO)COP=O)cc1C(F)(F)F. The van der Waals surface area contributed by atoms with E-state index in [1.165, 1.54) is 12.1 Å². The summed E-state index contributed by atoms with van der Waals surface area (Å²) in [4.78, 5) is 0. The number of hydrogen-bond donors (Lipinski definition) is 2. The Labute approximate surface area is 186 Å². The number of aryl methyl sites for hydroxylation is 2. The lowest BCUT2D eigenvalue weighted by molar-refractivity contribution is -0.139. The summed E-state index contributed by atoms with van der Waals surface area (Å²) in [7, 11) is 0.987. The highest BCUT2D eigenvalue weighted by atomic mass is 31.1. The molecule has 2 aromatic carbocycles. The van der Waals surface area contributed by atoms with Crippen LogP contribution in [-0.2, 0) is 28.1 Å². The molecule has 2 rings (SSSR count). The number of ether oxygens (including phenoxy) is 2. The minimum absolute atomic E-state index is 0.114. The quantitative estimate of drug-likeness (QED) is 0.327. The van der Waals surface area contributed by atoms with E-state index in [1.807, 2.05) is 24.3 Å². The summed E-state index contributed by atoms with van der Waals surface area (Å²) in [6.45, 7) is -0.529. The van der Waals surface area contributed by atoms with Crippen molar-refractivity contribution in [2.75, 3.05) is 26.9 Å². The highest BCUT2D eigenvalue weighted by molar-refractivity contribution is 7.17. The van der Waals surface area contributed by atoms with Gasteiger partial charge < -0.3 is 20.3 Å². The van der Waals surface area contributed by atoms with Crippen molar-refractivity contribution in [3.63, 3.8) is 0 Å². The van der Waals surface area contributed by atoms with E-state index < -0.39 is 32.6 Å². The van der Waals surface area contributed by atoms with Gasteiger partial charge >= 0.3 is 14.9 Å². The van der Waals surface area contributed by atoms with Crippen LogP contribution in [-0.4, -0.2) is 37.6 Å². The summed E-state index contributed by atoms with van der Waals surface area (Å²) < 4.78 is 66.7. The van der Waals surface area contributed by atoms with Crippen LogP contribution >= 0.6 is 8.69 Å². The molecule has 2 aromatic rings. The monoisotopic (exact) mass is 473 g/mol. The molecule has 3 N–H and O–H groups in total. The minimum atomic E-state index is -4.59. The Morgan fingerprint density at radius 2 is 1.84 bits per heavy atom. The smallest absolute Gasteiger partial charge is 0.419 e. The van der Waals surface area contributed by atoms with Crippen LogP contribution in [0.5, 0.6) is 11.5 Å². The van der Waals surface area contributed by atoms with E-state index in [1.54, 1.807) is 7.11 Å². The molecular formula is C22H27F3NO5P. The van der Waals surface area contributed by atoms with Gasteiger partial charge in [0.25, 0.3) is 0 Å². The summed E-state index contributed by atoms with van der Waals surface area (Å²) in [5.74, 6) is 0.489. The number of alkyl halides is 3. The van der Waals surface area contributed by atoms with E-state index in [2.05, 4.69) is 0 Å². The van der Waals surface area contributed by atoms with Crippen LogP contribution in [0.25, 0.3) is 0 Å². The Balaban J connectivity index is 2.02. The number of nitrogens with two attached hydrogens (primary N) is 1. The van der Waals surface area contributed by atoms with Crippen molar-refractivity contribution in [3.8, 4) is 11.5 Å². The molecule has 0 saturated carbocycles. The highest BCUT2D eigenvalue weighted by Gasteiger charge is 2.35. The topological polar surface area (TPSA) is 91.0 Å². The number of hydrogen-bond acceptors (Lipinski definition) is 6. The third-order valence-corrected chi connectivity index (χ3v) is 5.26. The largest absolute Gasteiger partial charge is 0.496 e. The molecule has 10 heteroatoms. The van der Waals surface area contributed by atoms with Gasteiger partial charge in [-0.3, -0.25) is 4.52 Å². The first-order chi connectivity index (χ1) is 15.2. The zero-order valence-electron chi connectivity index (χ0n) is 17.7. The van der Waals surface area contributed by atoms with Crippen molar-refractivity contribution in [1.82, 2.24) is 0 Å². The van der Waals surface area contributed by atoms with E-state index in [9.17, 15) is 22.8 Å². The van der Waals surface area contributed by atoms with Crippen LogP contribution in [0.4, 0.5) is 13.2 Å². The fourth-order valence-electron chi connectivity index (χ4n) is 3.18. The lowest BCUT2D eigenvalue weighted by Gasteiger charge is -2.25. The molecule has 1 atom stereocenters. The third-order valence-electron chi connectivity index (χ3n) is 5.02. The second kappa shape index (κ2) is 12.2. The molecule has 0 spiro atoms. The van der Waals surface area contributed by atoms with Crippen molar-refractivity contribution < 1.29 is 36.8 Å². The second-order valence-corrected chi connectivity index (χ2v) is 7.87. The maximum absolute atomic E-state index is 13.6. The van der Waals surface area contributed by atoms with Crippen LogP contribution in [0, 0.1) is 0 Å². The molecule has 176 valence electrons. The molecule has 1 unspecified atom stereocenters. The Morgan fingerprint density at radius 1 is 1.09 bits per heavy atom. The fraction of sp³-hybridized carbons (Fsp3) is 0.455. The first kappa shape index (κ1) is 26.1. The second-order valence-electron chi connectivity index (χ2n) is 7.46. The van der Waals surface area contributed by atoms with E-state index in [-0.39, 0.29) is 31.8 Å². The molecule has 0 aliphatic rings. The Kier molecular flexibility index (Phi) is 9.90. The molecule has 0 saturated heterocycles. The number of methoxy groups -OCH3 is 1. The average Bonchev–Trinajstić information content (AvgIpc) is 2.79. The van der Waals surface area contributed by atoms with Gasteiger partial charge in [0, 0.05) is 0 Å². The van der Waals surface area contributed by atoms with Crippen LogP contribution in [0.3, 0.4) is 0 Å². The molecule has 0 amide bonds. The average molecular weight is 473 g/mol. The van der Waals surface area contributed by atoms with Gasteiger partial charge in [0.2, 0.25) is 0 Å². The fourth-order valence-corrected chi connectivity index (χ4v) is 3.49. The van der Waals surface area contributed by atoms with Crippen molar-refractivity contribution >= 4 is 8.69 Å². The van der Waals surface area contributed by atoms with E-state index in [0.29, 0.717) is 18.4 Å². The number of benzene rings is 2. The zero-order valence-corrected chi connectivity index (χ0v) is 18.6. The third kappa shape index (κ3) is 7.74. The van der Waals surface area contributed by atoms with Crippen LogP contribution in [0.15, 0.2) is 42.5 Å². The Bertz CT molecular complexity index is 881. The standard InChI is InChI=1S/C22H27F3NO5P/c1-29-19-7-3-2-5-17(19)6-4-12-30-20-9-8-16(13-18(20)22(23,24)25)10-11-21(26,14-27)15-31-32-28/h2-3,5,7-9,13,27H,4,6,10-12,14-15,26H2,1H3. The van der Waals surface area contributed by atoms with Gasteiger partial charge in [-0.1, -0.05) is 24.3 Å². The van der Waals surface area contributed by atoms with Gasteiger partial charge in [0.05, 0.1) is 38.0 Å². The summed E-state index contributed by atoms with van der Waals surface area (Å²) in [6.07, 6.45) is -3.14. The first-order valence-corrected chi connectivity index (χ1v) is 10.7. The number of para-hydroxylation sites is 1. The van der Waals surface area contributed by atoms with Crippen LogP contribution in [0.1, 0.15) is 29.5 Å². The minimum Gasteiger partial charge on any atom is -0.496 e. The van der Waals surface area contributed by atoms with Crippen molar-refractivity contribution in [1.29, 1.82) is 0 Å². The lowest BCUT2D eigenvalue weighted by atomic mass is 9.93. The normalized spacial score (nSPS) is 13.7. The van der Waals surface area contributed by atoms with Gasteiger partial charge in [-0.2, -0.15) is 13.2 Å². The maximum atomic E-state index is 13.6. The summed E-state index contributed by atoms with van der Waals surface area (Å²) in [6, 6.07) is 11.3. The van der Waals surface area contributed by atoms with Gasteiger partial charge in [-0.15, -0.1) is 0 Å². The van der Waals surface area contributed by atoms with E-state index in [0.717, 1.165) is 17.4 Å². The predicted molar refractivity (Wildman–Crippen MR) is 114 cm³/mol. The number of aliphatic hydroxyl groups is 1.